The van der Waals surface area contributed by atoms with Gasteiger partial charge in [-0.05, 0) is 33.6 Å². The Morgan fingerprint density at radius 2 is 1.94 bits per heavy atom. The first-order valence-corrected chi connectivity index (χ1v) is 6.29. The van der Waals surface area contributed by atoms with E-state index in [9.17, 15) is 4.79 Å². The van der Waals surface area contributed by atoms with Crippen molar-refractivity contribution in [3.63, 3.8) is 0 Å². The summed E-state index contributed by atoms with van der Waals surface area (Å²) in [5.41, 5.74) is 0.567. The lowest BCUT2D eigenvalue weighted by Gasteiger charge is -2.23. The molecule has 0 aliphatic rings. The van der Waals surface area contributed by atoms with E-state index in [-0.39, 0.29) is 12.1 Å². The van der Waals surface area contributed by atoms with Crippen LogP contribution >= 0.6 is 0 Å². The molecule has 0 bridgehead atoms. The Morgan fingerprint density at radius 1 is 1.35 bits per heavy atom. The van der Waals surface area contributed by atoms with E-state index in [0.29, 0.717) is 0 Å². The number of aliphatic imine (C=N–C) groups is 1. The molecule has 0 aromatic carbocycles. The zero-order valence-electron chi connectivity index (χ0n) is 12.0. The van der Waals surface area contributed by atoms with Gasteiger partial charge in [0.1, 0.15) is 5.60 Å². The molecule has 1 unspecified atom stereocenters. The fourth-order valence-electron chi connectivity index (χ4n) is 1.57. The summed E-state index contributed by atoms with van der Waals surface area (Å²) in [6.45, 7) is 9.70. The maximum absolute atomic E-state index is 11.7. The number of hydrogen-bond acceptors (Lipinski definition) is 3. The van der Waals surface area contributed by atoms with Crippen molar-refractivity contribution in [1.82, 2.24) is 5.32 Å². The van der Waals surface area contributed by atoms with Gasteiger partial charge in [-0.25, -0.2) is 4.79 Å². The summed E-state index contributed by atoms with van der Waals surface area (Å²) < 4.78 is 5.24. The molecule has 0 aliphatic carbocycles. The van der Waals surface area contributed by atoms with Gasteiger partial charge in [-0.1, -0.05) is 20.3 Å². The van der Waals surface area contributed by atoms with Gasteiger partial charge in [0.05, 0.1) is 6.04 Å². The number of ether oxygens (including phenoxy) is 1. The molecule has 1 atom stereocenters. The average molecular weight is 242 g/mol. The van der Waals surface area contributed by atoms with Crippen LogP contribution in [0.2, 0.25) is 0 Å². The zero-order valence-corrected chi connectivity index (χ0v) is 12.0. The first-order chi connectivity index (χ1) is 7.84. The number of nitrogens with one attached hydrogen (secondary N) is 1. The number of alkyl carbamates (subject to hydrolysis) is 1. The van der Waals surface area contributed by atoms with Gasteiger partial charge in [-0.3, -0.25) is 4.99 Å². The number of hydrogen-bond donors (Lipinski definition) is 1. The molecule has 1 amide bonds. The van der Waals surface area contributed by atoms with Crippen molar-refractivity contribution in [1.29, 1.82) is 0 Å². The van der Waals surface area contributed by atoms with E-state index in [1.807, 2.05) is 27.7 Å². The number of carbonyl (C=O) groups is 1. The zero-order chi connectivity index (χ0) is 13.5. The van der Waals surface area contributed by atoms with Crippen LogP contribution in [0.25, 0.3) is 0 Å². The van der Waals surface area contributed by atoms with Crippen LogP contribution in [-0.4, -0.2) is 30.5 Å². The van der Waals surface area contributed by atoms with Gasteiger partial charge in [-0.2, -0.15) is 0 Å². The molecule has 4 nitrogen and oxygen atoms in total. The van der Waals surface area contributed by atoms with Gasteiger partial charge in [0.25, 0.3) is 0 Å². The molecule has 0 rings (SSSR count). The van der Waals surface area contributed by atoms with E-state index in [4.69, 9.17) is 4.74 Å². The normalized spacial score (nSPS) is 14.4. The third-order valence-electron chi connectivity index (χ3n) is 2.29. The Hall–Kier alpha value is -1.06. The van der Waals surface area contributed by atoms with Crippen molar-refractivity contribution >= 4 is 11.8 Å². The summed E-state index contributed by atoms with van der Waals surface area (Å²) in [5, 5.41) is 2.87. The van der Waals surface area contributed by atoms with Crippen LogP contribution in [0.4, 0.5) is 4.79 Å². The van der Waals surface area contributed by atoms with Crippen molar-refractivity contribution in [3.8, 4) is 0 Å². The van der Waals surface area contributed by atoms with E-state index >= 15 is 0 Å². The Balaban J connectivity index is 4.44. The molecule has 17 heavy (non-hydrogen) atoms. The quantitative estimate of drug-likeness (QED) is 0.753. The van der Waals surface area contributed by atoms with Gasteiger partial charge >= 0.3 is 6.09 Å². The Labute approximate surface area is 105 Å². The number of nitrogens with zero attached hydrogens (tertiary/aromatic N) is 1. The summed E-state index contributed by atoms with van der Waals surface area (Å²) in [6, 6.07) is -0.0187. The third kappa shape index (κ3) is 6.97. The predicted octanol–water partition coefficient (Wildman–Crippen LogP) is 3.16. The highest BCUT2D eigenvalue weighted by Gasteiger charge is 2.20. The minimum Gasteiger partial charge on any atom is -0.444 e. The second-order valence-corrected chi connectivity index (χ2v) is 5.07. The topological polar surface area (TPSA) is 50.7 Å². The molecule has 0 heterocycles. The van der Waals surface area contributed by atoms with Crippen LogP contribution < -0.4 is 5.32 Å². The molecule has 0 aromatic heterocycles. The second-order valence-electron chi connectivity index (χ2n) is 5.07. The summed E-state index contributed by atoms with van der Waals surface area (Å²) in [7, 11) is 1.77. The highest BCUT2D eigenvalue weighted by atomic mass is 16.6. The largest absolute Gasteiger partial charge is 0.444 e. The van der Waals surface area contributed by atoms with Crippen LogP contribution in [0.5, 0.6) is 0 Å². The molecule has 1 N–H and O–H groups in total. The lowest BCUT2D eigenvalue weighted by molar-refractivity contribution is 0.0517. The predicted molar refractivity (Wildman–Crippen MR) is 71.7 cm³/mol. The van der Waals surface area contributed by atoms with E-state index in [2.05, 4.69) is 17.2 Å². The molecule has 0 fully saturated rings. The van der Waals surface area contributed by atoms with E-state index in [1.54, 1.807) is 7.05 Å². The van der Waals surface area contributed by atoms with Crippen molar-refractivity contribution in [2.24, 2.45) is 4.99 Å². The lowest BCUT2D eigenvalue weighted by atomic mass is 10.1. The van der Waals surface area contributed by atoms with E-state index in [1.165, 1.54) is 0 Å². The van der Waals surface area contributed by atoms with E-state index < -0.39 is 5.60 Å². The molecule has 0 saturated carbocycles. The smallest absolute Gasteiger partial charge is 0.408 e. The standard InChI is InChI=1S/C13H26N2O2/c1-7-9-11(14-6)10(8-2)15-12(16)17-13(3,4)5/h10H,7-9H2,1-6H3,(H,15,16). The Kier molecular flexibility index (Phi) is 6.85. The van der Waals surface area contributed by atoms with Crippen molar-refractivity contribution < 1.29 is 9.53 Å². The fraction of sp³-hybridized carbons (Fsp3) is 0.846. The summed E-state index contributed by atoms with van der Waals surface area (Å²) in [6.07, 6.45) is 2.39. The molecule has 4 heteroatoms. The Morgan fingerprint density at radius 3 is 2.29 bits per heavy atom. The first-order valence-electron chi connectivity index (χ1n) is 6.29. The van der Waals surface area contributed by atoms with Gasteiger partial charge in [0.15, 0.2) is 0 Å². The molecule has 0 spiro atoms. The van der Waals surface area contributed by atoms with Crippen LogP contribution in [-0.2, 0) is 4.74 Å². The van der Waals surface area contributed by atoms with Gasteiger partial charge in [-0.15, -0.1) is 0 Å². The number of carbonyl (C=O) groups excluding carboxylic acids is 1. The van der Waals surface area contributed by atoms with Gasteiger partial charge in [0, 0.05) is 12.8 Å². The molecule has 0 aromatic rings. The molecular formula is C13H26N2O2. The minimum absolute atomic E-state index is 0.0187. The summed E-state index contributed by atoms with van der Waals surface area (Å²) in [5.74, 6) is 0. The van der Waals surface area contributed by atoms with Crippen LogP contribution in [0.1, 0.15) is 53.9 Å². The van der Waals surface area contributed by atoms with Crippen molar-refractivity contribution in [3.05, 3.63) is 0 Å². The molecule has 0 saturated heterocycles. The molecule has 0 aliphatic heterocycles. The first kappa shape index (κ1) is 15.9. The van der Waals surface area contributed by atoms with E-state index in [0.717, 1.165) is 25.0 Å². The van der Waals surface area contributed by atoms with Crippen LogP contribution in [0, 0.1) is 0 Å². The number of rotatable bonds is 5. The molecular weight excluding hydrogens is 216 g/mol. The van der Waals surface area contributed by atoms with Gasteiger partial charge < -0.3 is 10.1 Å². The van der Waals surface area contributed by atoms with Gasteiger partial charge in [0.2, 0.25) is 0 Å². The summed E-state index contributed by atoms with van der Waals surface area (Å²) >= 11 is 0. The highest BCUT2D eigenvalue weighted by molar-refractivity contribution is 5.91. The second kappa shape index (κ2) is 7.30. The average Bonchev–Trinajstić information content (AvgIpc) is 2.20. The maximum atomic E-state index is 11.7. The minimum atomic E-state index is -0.462. The van der Waals surface area contributed by atoms with Crippen LogP contribution in [0.3, 0.4) is 0 Å². The maximum Gasteiger partial charge on any atom is 0.408 e. The molecule has 0 radical (unpaired) electrons. The highest BCUT2D eigenvalue weighted by Crippen LogP contribution is 2.08. The Bertz CT molecular complexity index is 267. The SMILES string of the molecule is CCCC(=NC)C(CC)NC(=O)OC(C)(C)C. The van der Waals surface area contributed by atoms with Crippen molar-refractivity contribution in [2.45, 2.75) is 65.5 Å². The third-order valence-corrected chi connectivity index (χ3v) is 2.29. The number of amides is 1. The monoisotopic (exact) mass is 242 g/mol. The lowest BCUT2D eigenvalue weighted by Crippen LogP contribution is -2.43. The fourth-order valence-corrected chi connectivity index (χ4v) is 1.57. The van der Waals surface area contributed by atoms with Crippen LogP contribution in [0.15, 0.2) is 4.99 Å². The molecule has 100 valence electrons. The van der Waals surface area contributed by atoms with Crippen molar-refractivity contribution in [2.75, 3.05) is 7.05 Å². The summed E-state index contributed by atoms with van der Waals surface area (Å²) in [4.78, 5) is 15.9.